The average Bonchev–Trinajstić information content (AvgIpc) is 2.95. The maximum Gasteiger partial charge on any atom is 0.299 e. The molecule has 0 spiro atoms. The van der Waals surface area contributed by atoms with Crippen molar-refractivity contribution in [3.05, 3.63) is 54.6 Å². The number of ether oxygens (including phenoxy) is 1. The molecular weight excluding hydrogens is 366 g/mol. The van der Waals surface area contributed by atoms with Crippen LogP contribution in [0.15, 0.2) is 54.6 Å². The Kier molecular flexibility index (Phi) is 9.09. The molecule has 0 heterocycles. The Balaban J connectivity index is 1.90. The van der Waals surface area contributed by atoms with E-state index in [0.717, 1.165) is 25.3 Å². The molecule has 0 amide bonds. The maximum atomic E-state index is 14.1. The molecule has 0 unspecified atom stereocenters. The molecule has 1 fully saturated rings. The quantitative estimate of drug-likeness (QED) is 0.394. The van der Waals surface area contributed by atoms with Crippen molar-refractivity contribution in [1.29, 1.82) is 0 Å². The molecule has 0 saturated heterocycles. The van der Waals surface area contributed by atoms with Crippen molar-refractivity contribution in [2.45, 2.75) is 50.2 Å². The number of para-hydroxylation sites is 1. The highest BCUT2D eigenvalue weighted by Gasteiger charge is 2.40. The largest absolute Gasteiger partial charge is 0.487 e. The third-order valence-electron chi connectivity index (χ3n) is 5.01. The van der Waals surface area contributed by atoms with Gasteiger partial charge in [0.05, 0.1) is 12.2 Å². The lowest BCUT2D eigenvalue weighted by Crippen LogP contribution is -2.25. The Bertz CT molecular complexity index is 618. The van der Waals surface area contributed by atoms with Gasteiger partial charge in [0.25, 0.3) is 5.92 Å². The van der Waals surface area contributed by atoms with Crippen molar-refractivity contribution < 1.29 is 28.8 Å². The molecule has 1 saturated carbocycles. The van der Waals surface area contributed by atoms with Gasteiger partial charge in [-0.1, -0.05) is 36.4 Å². The molecule has 1 aromatic rings. The number of halogens is 2. The minimum atomic E-state index is -3.17. The maximum absolute atomic E-state index is 14.1. The zero-order chi connectivity index (χ0) is 20.4. The molecular formula is C22H30F2O4. The number of aliphatic hydroxyl groups is 3. The van der Waals surface area contributed by atoms with Gasteiger partial charge in [0, 0.05) is 18.9 Å². The average molecular weight is 396 g/mol. The SMILES string of the molecule is OCCCC/C=C\C[C@@H]1[C@@H](/C=C/C(F)(F)COc2ccccc2)[C@H](O)C[C@@H]1O. The van der Waals surface area contributed by atoms with Crippen LogP contribution >= 0.6 is 0 Å². The second-order valence-corrected chi connectivity index (χ2v) is 7.26. The summed E-state index contributed by atoms with van der Waals surface area (Å²) in [4.78, 5) is 0. The summed E-state index contributed by atoms with van der Waals surface area (Å²) in [5.74, 6) is -3.63. The lowest BCUT2D eigenvalue weighted by atomic mass is 9.89. The first kappa shape index (κ1) is 22.5. The van der Waals surface area contributed by atoms with Crippen molar-refractivity contribution in [1.82, 2.24) is 0 Å². The van der Waals surface area contributed by atoms with Gasteiger partial charge in [-0.15, -0.1) is 0 Å². The third kappa shape index (κ3) is 7.34. The molecule has 6 heteroatoms. The van der Waals surface area contributed by atoms with E-state index in [1.54, 1.807) is 30.3 Å². The molecule has 4 nitrogen and oxygen atoms in total. The second-order valence-electron chi connectivity index (χ2n) is 7.26. The van der Waals surface area contributed by atoms with Crippen LogP contribution in [0.25, 0.3) is 0 Å². The predicted molar refractivity (Wildman–Crippen MR) is 104 cm³/mol. The van der Waals surface area contributed by atoms with Gasteiger partial charge in [0.2, 0.25) is 0 Å². The fourth-order valence-electron chi connectivity index (χ4n) is 3.45. The normalized spacial score (nSPS) is 25.8. The minimum absolute atomic E-state index is 0.163. The van der Waals surface area contributed by atoms with Crippen molar-refractivity contribution >= 4 is 0 Å². The van der Waals surface area contributed by atoms with Crippen LogP contribution in [0.1, 0.15) is 32.1 Å². The predicted octanol–water partition coefficient (Wildman–Crippen LogP) is 3.72. The zero-order valence-electron chi connectivity index (χ0n) is 16.0. The molecule has 28 heavy (non-hydrogen) atoms. The number of aliphatic hydroxyl groups excluding tert-OH is 3. The molecule has 0 bridgehead atoms. The molecule has 1 aliphatic rings. The van der Waals surface area contributed by atoms with Crippen molar-refractivity contribution in [3.63, 3.8) is 0 Å². The first-order valence-corrected chi connectivity index (χ1v) is 9.80. The van der Waals surface area contributed by atoms with E-state index in [-0.39, 0.29) is 18.9 Å². The van der Waals surface area contributed by atoms with Crippen LogP contribution in [-0.4, -0.2) is 46.7 Å². The lowest BCUT2D eigenvalue weighted by Gasteiger charge is -2.20. The Morgan fingerprint density at radius 2 is 1.82 bits per heavy atom. The van der Waals surface area contributed by atoms with E-state index in [2.05, 4.69) is 0 Å². The first-order chi connectivity index (χ1) is 13.4. The van der Waals surface area contributed by atoms with E-state index in [0.29, 0.717) is 12.2 Å². The Morgan fingerprint density at radius 1 is 1.07 bits per heavy atom. The summed E-state index contributed by atoms with van der Waals surface area (Å²) in [6.07, 6.45) is 7.55. The minimum Gasteiger partial charge on any atom is -0.487 e. The Morgan fingerprint density at radius 3 is 2.54 bits per heavy atom. The van der Waals surface area contributed by atoms with Gasteiger partial charge in [-0.05, 0) is 49.8 Å². The van der Waals surface area contributed by atoms with E-state index in [1.807, 2.05) is 12.2 Å². The van der Waals surface area contributed by atoms with Crippen LogP contribution in [0, 0.1) is 11.8 Å². The summed E-state index contributed by atoms with van der Waals surface area (Å²) in [6, 6.07) is 8.42. The summed E-state index contributed by atoms with van der Waals surface area (Å²) in [5.41, 5.74) is 0. The fourth-order valence-corrected chi connectivity index (χ4v) is 3.45. The van der Waals surface area contributed by atoms with Crippen molar-refractivity contribution in [2.24, 2.45) is 11.8 Å². The first-order valence-electron chi connectivity index (χ1n) is 9.80. The molecule has 4 atom stereocenters. The smallest absolute Gasteiger partial charge is 0.299 e. The van der Waals surface area contributed by atoms with Gasteiger partial charge >= 0.3 is 0 Å². The number of benzene rings is 1. The number of allylic oxidation sites excluding steroid dienone is 2. The highest BCUT2D eigenvalue weighted by Crippen LogP contribution is 2.37. The molecule has 0 aliphatic heterocycles. The van der Waals surface area contributed by atoms with Crippen LogP contribution in [0.4, 0.5) is 8.78 Å². The summed E-state index contributed by atoms with van der Waals surface area (Å²) in [7, 11) is 0. The van der Waals surface area contributed by atoms with Gasteiger partial charge in [-0.2, -0.15) is 8.78 Å². The number of rotatable bonds is 11. The second kappa shape index (κ2) is 11.3. The van der Waals surface area contributed by atoms with Gasteiger partial charge < -0.3 is 20.1 Å². The van der Waals surface area contributed by atoms with Gasteiger partial charge in [0.15, 0.2) is 6.61 Å². The van der Waals surface area contributed by atoms with E-state index < -0.39 is 30.7 Å². The van der Waals surface area contributed by atoms with E-state index in [4.69, 9.17) is 9.84 Å². The molecule has 2 rings (SSSR count). The molecule has 1 aromatic carbocycles. The molecule has 0 radical (unpaired) electrons. The highest BCUT2D eigenvalue weighted by atomic mass is 19.3. The summed E-state index contributed by atoms with van der Waals surface area (Å²) >= 11 is 0. The number of alkyl halides is 2. The highest BCUT2D eigenvalue weighted by molar-refractivity contribution is 5.21. The van der Waals surface area contributed by atoms with E-state index in [9.17, 15) is 19.0 Å². The zero-order valence-corrected chi connectivity index (χ0v) is 16.0. The van der Waals surface area contributed by atoms with Crippen LogP contribution in [0.5, 0.6) is 5.75 Å². The van der Waals surface area contributed by atoms with Crippen LogP contribution in [0.3, 0.4) is 0 Å². The topological polar surface area (TPSA) is 69.9 Å². The lowest BCUT2D eigenvalue weighted by molar-refractivity contribution is 0.00404. The van der Waals surface area contributed by atoms with Gasteiger partial charge in [0.1, 0.15) is 5.75 Å². The molecule has 156 valence electrons. The number of hydrogen-bond acceptors (Lipinski definition) is 4. The summed E-state index contributed by atoms with van der Waals surface area (Å²) in [5, 5.41) is 29.1. The summed E-state index contributed by atoms with van der Waals surface area (Å²) in [6.45, 7) is -0.620. The standard InChI is InChI=1S/C22H30F2O4/c23-22(24,16-28-17-9-5-4-6-10-17)13-12-19-18(20(26)15-21(19)27)11-7-2-1-3-8-14-25/h2,4-7,9-10,12-13,18-21,25-27H,1,3,8,11,14-16H2/b7-2-,13-12+/t18-,19-,20+,21-/m1/s1. The molecule has 3 N–H and O–H groups in total. The van der Waals surface area contributed by atoms with Gasteiger partial charge in [-0.3, -0.25) is 0 Å². The fraction of sp³-hybridized carbons (Fsp3) is 0.545. The van der Waals surface area contributed by atoms with Crippen LogP contribution < -0.4 is 4.74 Å². The Labute approximate surface area is 165 Å². The van der Waals surface area contributed by atoms with Crippen molar-refractivity contribution in [3.8, 4) is 5.75 Å². The van der Waals surface area contributed by atoms with Gasteiger partial charge in [-0.25, -0.2) is 0 Å². The Hall–Kier alpha value is -1.76. The molecule has 0 aromatic heterocycles. The monoisotopic (exact) mass is 396 g/mol. The van der Waals surface area contributed by atoms with Crippen molar-refractivity contribution in [2.75, 3.05) is 13.2 Å². The van der Waals surface area contributed by atoms with E-state index in [1.165, 1.54) is 6.08 Å². The van der Waals surface area contributed by atoms with E-state index >= 15 is 0 Å². The molecule has 1 aliphatic carbocycles. The summed E-state index contributed by atoms with van der Waals surface area (Å²) < 4.78 is 33.4. The third-order valence-corrected chi connectivity index (χ3v) is 5.01. The number of hydrogen-bond donors (Lipinski definition) is 3. The van der Waals surface area contributed by atoms with Crippen LogP contribution in [-0.2, 0) is 0 Å². The van der Waals surface area contributed by atoms with Crippen LogP contribution in [0.2, 0.25) is 0 Å². The number of unbranched alkanes of at least 4 members (excludes halogenated alkanes) is 2.